The number of ether oxygens (including phenoxy) is 1. The molecule has 2 saturated heterocycles. The van der Waals surface area contributed by atoms with Gasteiger partial charge in [0.25, 0.3) is 5.91 Å². The summed E-state index contributed by atoms with van der Waals surface area (Å²) in [5, 5.41) is 8.32. The van der Waals surface area contributed by atoms with Gasteiger partial charge in [0.2, 0.25) is 11.8 Å². The smallest absolute Gasteiger partial charge is 0.255 e. The van der Waals surface area contributed by atoms with E-state index in [1.54, 1.807) is 0 Å². The highest BCUT2D eigenvalue weighted by molar-refractivity contribution is 5.95. The molecule has 0 unspecified atom stereocenters. The summed E-state index contributed by atoms with van der Waals surface area (Å²) in [6.07, 6.45) is 3.07. The first-order valence-electron chi connectivity index (χ1n) is 9.02. The third kappa shape index (κ3) is 2.57. The number of hydrogen-bond donors (Lipinski definition) is 1. The zero-order valence-corrected chi connectivity index (χ0v) is 14.5. The Morgan fingerprint density at radius 1 is 1.24 bits per heavy atom. The number of aryl methyl sites for hydroxylation is 2. The Labute approximate surface area is 145 Å². The van der Waals surface area contributed by atoms with Gasteiger partial charge in [0.15, 0.2) is 0 Å². The van der Waals surface area contributed by atoms with Crippen molar-refractivity contribution >= 4 is 5.91 Å². The second kappa shape index (κ2) is 5.42. The van der Waals surface area contributed by atoms with Crippen molar-refractivity contribution in [2.75, 3.05) is 13.1 Å². The topological polar surface area (TPSA) is 84.2 Å². The number of nitrogens with zero attached hydrogens (tertiary/aromatic N) is 3. The summed E-state index contributed by atoms with van der Waals surface area (Å²) in [5.74, 6) is 2.25. The van der Waals surface area contributed by atoms with E-state index in [9.17, 15) is 4.79 Å². The molecule has 25 heavy (non-hydrogen) atoms. The van der Waals surface area contributed by atoms with E-state index in [-0.39, 0.29) is 18.1 Å². The molecule has 7 nitrogen and oxygen atoms in total. The maximum absolute atomic E-state index is 12.8. The predicted molar refractivity (Wildman–Crippen MR) is 88.2 cm³/mol. The van der Waals surface area contributed by atoms with Gasteiger partial charge in [-0.15, -0.1) is 10.2 Å². The normalized spacial score (nSPS) is 28.6. The lowest BCUT2D eigenvalue weighted by Gasteiger charge is -2.18. The number of hydrogen-bond acceptors (Lipinski definition) is 5. The van der Waals surface area contributed by atoms with Crippen molar-refractivity contribution in [2.45, 2.75) is 51.2 Å². The summed E-state index contributed by atoms with van der Waals surface area (Å²) in [6.45, 7) is 5.27. The van der Waals surface area contributed by atoms with Crippen molar-refractivity contribution in [3.05, 3.63) is 34.8 Å². The van der Waals surface area contributed by atoms with Gasteiger partial charge in [0.05, 0.1) is 11.7 Å². The number of fused-ring (bicyclic) bond motifs is 1. The van der Waals surface area contributed by atoms with Crippen molar-refractivity contribution in [1.29, 1.82) is 0 Å². The van der Waals surface area contributed by atoms with Gasteiger partial charge in [-0.2, -0.15) is 0 Å². The molecule has 3 aliphatic rings. The van der Waals surface area contributed by atoms with E-state index in [0.29, 0.717) is 24.3 Å². The molecule has 0 aromatic carbocycles. The van der Waals surface area contributed by atoms with Crippen LogP contribution in [0.15, 0.2) is 10.5 Å². The van der Waals surface area contributed by atoms with Crippen LogP contribution in [-0.2, 0) is 4.74 Å². The summed E-state index contributed by atoms with van der Waals surface area (Å²) in [5.41, 5.74) is 2.70. The minimum absolute atomic E-state index is 0.0607. The van der Waals surface area contributed by atoms with Crippen LogP contribution in [0.3, 0.4) is 0 Å². The number of aromatic amines is 1. The molecule has 1 saturated carbocycles. The van der Waals surface area contributed by atoms with Crippen molar-refractivity contribution in [3.63, 3.8) is 0 Å². The average Bonchev–Trinajstić information content (AvgIpc) is 2.93. The molecule has 4 heterocycles. The fourth-order valence-electron chi connectivity index (χ4n) is 4.08. The standard InChI is InChI=1S/C18H22N4O3/c1-9-5-13(10(2)19-9)18(23)22-7-12-6-14(24-15(12)8-22)17-21-20-16(25-17)11-3-4-11/h5,11-12,14-15,19H,3-4,6-8H2,1-2H3/t12-,14-,15+/m0/s1. The van der Waals surface area contributed by atoms with Crippen LogP contribution in [0.25, 0.3) is 0 Å². The first kappa shape index (κ1) is 15.1. The van der Waals surface area contributed by atoms with E-state index in [1.807, 2.05) is 24.8 Å². The molecule has 2 aromatic heterocycles. The van der Waals surface area contributed by atoms with E-state index >= 15 is 0 Å². The Kier molecular flexibility index (Phi) is 3.28. The Morgan fingerprint density at radius 3 is 2.72 bits per heavy atom. The van der Waals surface area contributed by atoms with Crippen LogP contribution >= 0.6 is 0 Å². The van der Waals surface area contributed by atoms with Gasteiger partial charge in [0, 0.05) is 36.3 Å². The second-order valence-corrected chi connectivity index (χ2v) is 7.61. The highest BCUT2D eigenvalue weighted by Crippen LogP contribution is 2.43. The van der Waals surface area contributed by atoms with E-state index in [0.717, 1.165) is 48.6 Å². The van der Waals surface area contributed by atoms with Crippen LogP contribution in [0, 0.1) is 19.8 Å². The molecule has 3 atom stereocenters. The van der Waals surface area contributed by atoms with Crippen molar-refractivity contribution in [2.24, 2.45) is 5.92 Å². The Balaban J connectivity index is 1.25. The van der Waals surface area contributed by atoms with Gasteiger partial charge in [0.1, 0.15) is 6.10 Å². The molecular formula is C18H22N4O3. The van der Waals surface area contributed by atoms with Crippen LogP contribution in [0.1, 0.15) is 64.8 Å². The number of carbonyl (C=O) groups is 1. The summed E-state index contributed by atoms with van der Waals surface area (Å²) in [4.78, 5) is 17.9. The average molecular weight is 342 g/mol. The quantitative estimate of drug-likeness (QED) is 0.926. The molecule has 1 aliphatic carbocycles. The maximum atomic E-state index is 12.8. The summed E-state index contributed by atoms with van der Waals surface area (Å²) >= 11 is 0. The van der Waals surface area contributed by atoms with Gasteiger partial charge >= 0.3 is 0 Å². The Hall–Kier alpha value is -2.15. The van der Waals surface area contributed by atoms with E-state index in [2.05, 4.69) is 15.2 Å². The van der Waals surface area contributed by atoms with Gasteiger partial charge < -0.3 is 19.0 Å². The van der Waals surface area contributed by atoms with Crippen LogP contribution in [0.5, 0.6) is 0 Å². The first-order valence-corrected chi connectivity index (χ1v) is 9.02. The summed E-state index contributed by atoms with van der Waals surface area (Å²) < 4.78 is 11.9. The molecule has 0 radical (unpaired) electrons. The molecule has 3 fully saturated rings. The molecule has 2 aromatic rings. The molecule has 2 aliphatic heterocycles. The predicted octanol–water partition coefficient (Wildman–Crippen LogP) is 2.49. The van der Waals surface area contributed by atoms with Gasteiger partial charge in [-0.25, -0.2) is 0 Å². The van der Waals surface area contributed by atoms with E-state index in [4.69, 9.17) is 9.15 Å². The number of likely N-dealkylation sites (tertiary alicyclic amines) is 1. The maximum Gasteiger partial charge on any atom is 0.255 e. The summed E-state index contributed by atoms with van der Waals surface area (Å²) in [7, 11) is 0. The zero-order chi connectivity index (χ0) is 17.1. The van der Waals surface area contributed by atoms with E-state index in [1.165, 1.54) is 0 Å². The molecule has 0 spiro atoms. The Bertz CT molecular complexity index is 808. The SMILES string of the molecule is Cc1cc(C(=O)N2C[C@@H]3C[C@@H](c4nnc(C5CC5)o4)O[C@@H]3C2)c(C)[nH]1. The van der Waals surface area contributed by atoms with Crippen molar-refractivity contribution in [1.82, 2.24) is 20.1 Å². The number of rotatable bonds is 3. The van der Waals surface area contributed by atoms with Crippen LogP contribution in [0.2, 0.25) is 0 Å². The molecule has 1 amide bonds. The summed E-state index contributed by atoms with van der Waals surface area (Å²) in [6, 6.07) is 1.92. The second-order valence-electron chi connectivity index (χ2n) is 7.61. The third-order valence-electron chi connectivity index (χ3n) is 5.56. The van der Waals surface area contributed by atoms with Crippen molar-refractivity contribution < 1.29 is 13.9 Å². The van der Waals surface area contributed by atoms with E-state index < -0.39 is 0 Å². The molecular weight excluding hydrogens is 320 g/mol. The molecule has 0 bridgehead atoms. The van der Waals surface area contributed by atoms with Crippen molar-refractivity contribution in [3.8, 4) is 0 Å². The number of amides is 1. The molecule has 5 rings (SSSR count). The van der Waals surface area contributed by atoms with Crippen LogP contribution in [-0.4, -0.2) is 45.2 Å². The molecule has 1 N–H and O–H groups in total. The van der Waals surface area contributed by atoms with Crippen LogP contribution < -0.4 is 0 Å². The number of aromatic nitrogens is 3. The molecule has 7 heteroatoms. The minimum Gasteiger partial charge on any atom is -0.422 e. The van der Waals surface area contributed by atoms with Gasteiger partial charge in [-0.05, 0) is 39.2 Å². The van der Waals surface area contributed by atoms with Crippen LogP contribution in [0.4, 0.5) is 0 Å². The highest BCUT2D eigenvalue weighted by Gasteiger charge is 2.46. The monoisotopic (exact) mass is 342 g/mol. The number of H-pyrrole nitrogens is 1. The highest BCUT2D eigenvalue weighted by atomic mass is 16.5. The van der Waals surface area contributed by atoms with Gasteiger partial charge in [-0.3, -0.25) is 4.79 Å². The number of carbonyl (C=O) groups excluding carboxylic acids is 1. The molecule has 132 valence electrons. The Morgan fingerprint density at radius 2 is 2.04 bits per heavy atom. The fourth-order valence-corrected chi connectivity index (χ4v) is 4.08. The lowest BCUT2D eigenvalue weighted by Crippen LogP contribution is -2.31. The fraction of sp³-hybridized carbons (Fsp3) is 0.611. The number of nitrogens with one attached hydrogen (secondary N) is 1. The lowest BCUT2D eigenvalue weighted by molar-refractivity contribution is 0.0222. The lowest BCUT2D eigenvalue weighted by atomic mass is 10.0. The minimum atomic E-state index is -0.122. The first-order chi connectivity index (χ1) is 12.1. The third-order valence-corrected chi connectivity index (χ3v) is 5.56. The largest absolute Gasteiger partial charge is 0.422 e. The van der Waals surface area contributed by atoms with Gasteiger partial charge in [-0.1, -0.05) is 0 Å². The zero-order valence-electron chi connectivity index (χ0n) is 14.5.